The van der Waals surface area contributed by atoms with Gasteiger partial charge in [-0.2, -0.15) is 0 Å². The molecule has 1 fully saturated rings. The number of allylic oxidation sites excluding steroid dienone is 2. The molecule has 1 heterocycles. The number of aliphatic hydroxyl groups is 1. The Hall–Kier alpha value is -1.48. The maximum absolute atomic E-state index is 10.3. The summed E-state index contributed by atoms with van der Waals surface area (Å²) in [4.78, 5) is 29.8. The number of carboxylic acid groups (broad SMARTS) is 3. The summed E-state index contributed by atoms with van der Waals surface area (Å²) in [5, 5.41) is 32.1. The number of ether oxygens (including phenoxy) is 1. The minimum atomic E-state index is -1.19. The molecule has 0 saturated carbocycles. The van der Waals surface area contributed by atoms with E-state index >= 15 is 0 Å². The van der Waals surface area contributed by atoms with E-state index in [4.69, 9.17) is 30.0 Å². The van der Waals surface area contributed by atoms with Gasteiger partial charge in [0.1, 0.15) is 6.61 Å². The summed E-state index contributed by atoms with van der Waals surface area (Å²) in [6, 6.07) is 0. The topological polar surface area (TPSA) is 145 Å². The first-order chi connectivity index (χ1) is 22.1. The average molecular weight is 703 g/mol. The van der Waals surface area contributed by atoms with Crippen LogP contribution in [-0.4, -0.2) is 57.1 Å². The van der Waals surface area contributed by atoms with Gasteiger partial charge in [0.25, 0.3) is 0 Å². The molecule has 0 aromatic rings. The molecule has 0 spiro atoms. The van der Waals surface area contributed by atoms with Crippen LogP contribution in [0.5, 0.6) is 0 Å². The third-order valence-corrected chi connectivity index (χ3v) is 7.81. The van der Waals surface area contributed by atoms with Crippen LogP contribution < -0.4 is 0 Å². The van der Waals surface area contributed by atoms with Gasteiger partial charge in [0.2, 0.25) is 0 Å². The van der Waals surface area contributed by atoms with Gasteiger partial charge in [0.05, 0.1) is 12.2 Å². The monoisotopic (exact) mass is 702 g/mol. The van der Waals surface area contributed by atoms with Crippen molar-refractivity contribution >= 4 is 17.9 Å². The van der Waals surface area contributed by atoms with Gasteiger partial charge < -0.3 is 25.2 Å². The van der Waals surface area contributed by atoms with Crippen molar-refractivity contribution in [2.75, 3.05) is 6.61 Å². The van der Waals surface area contributed by atoms with Crippen molar-refractivity contribution in [2.24, 2.45) is 5.92 Å². The second-order valence-electron chi connectivity index (χ2n) is 12.9. The maximum atomic E-state index is 10.3. The summed E-state index contributed by atoms with van der Waals surface area (Å²) in [5.41, 5.74) is 0. The van der Waals surface area contributed by atoms with Gasteiger partial charge in [-0.05, 0) is 50.9 Å². The van der Waals surface area contributed by atoms with Crippen LogP contribution in [0.15, 0.2) is 24.3 Å². The number of aliphatic carboxylic acids is 3. The molecule has 0 aliphatic carbocycles. The average Bonchev–Trinajstić information content (AvgIpc) is 3.76. The Labute approximate surface area is 302 Å². The van der Waals surface area contributed by atoms with Gasteiger partial charge in [-0.25, -0.2) is 4.79 Å². The molecule has 2 unspecified atom stereocenters. The van der Waals surface area contributed by atoms with Crippen molar-refractivity contribution in [2.45, 2.75) is 187 Å². The number of hydrogen-bond acceptors (Lipinski definition) is 5. The molecule has 8 nitrogen and oxygen atoms in total. The molecule has 0 amide bonds. The molecule has 4 N–H and O–H groups in total. The van der Waals surface area contributed by atoms with Crippen LogP contribution >= 0.6 is 0 Å². The van der Waals surface area contributed by atoms with E-state index in [0.717, 1.165) is 63.7 Å². The molecule has 2 atom stereocenters. The number of aliphatic hydroxyl groups excluding tert-OH is 1. The predicted octanol–water partition coefficient (Wildman–Crippen LogP) is 10.1. The van der Waals surface area contributed by atoms with Gasteiger partial charge >= 0.3 is 17.9 Å². The van der Waals surface area contributed by atoms with Crippen molar-refractivity contribution in [1.29, 1.82) is 0 Å². The number of hydrogen-bond donors (Lipinski definition) is 4. The van der Waals surface area contributed by atoms with Gasteiger partial charge in [0.15, 0.2) is 0 Å². The van der Waals surface area contributed by atoms with E-state index in [9.17, 15) is 9.59 Å². The van der Waals surface area contributed by atoms with Gasteiger partial charge in [-0.1, -0.05) is 141 Å². The smallest absolute Gasteiger partial charge is 0.329 e. The molecule has 1 saturated heterocycles. The summed E-state index contributed by atoms with van der Waals surface area (Å²) < 4.78 is 5.60. The Morgan fingerprint density at radius 1 is 0.574 bits per heavy atom. The number of rotatable bonds is 29. The normalized spacial score (nSPS) is 15.1. The number of unbranched alkanes of at least 4 members (excludes halogenated alkanes) is 16. The SMILES string of the molecule is CC(C)CCCCCCCCCCCCCCC(=O)O.CC/C=C/CC1OC1C/C=C/CCCCCCCC(=O)O.O=C(O)CO.[Ti]. The third-order valence-electron chi connectivity index (χ3n) is 7.81. The second-order valence-corrected chi connectivity index (χ2v) is 12.9. The van der Waals surface area contributed by atoms with E-state index in [0.29, 0.717) is 25.0 Å². The van der Waals surface area contributed by atoms with Gasteiger partial charge in [-0.3, -0.25) is 9.59 Å². The Morgan fingerprint density at radius 2 is 0.936 bits per heavy atom. The van der Waals surface area contributed by atoms with Crippen LogP contribution in [0.4, 0.5) is 0 Å². The fourth-order valence-electron chi connectivity index (χ4n) is 5.00. The number of carbonyl (C=O) groups is 3. The molecule has 274 valence electrons. The van der Waals surface area contributed by atoms with Crippen LogP contribution in [0.2, 0.25) is 0 Å². The second kappa shape index (κ2) is 39.0. The van der Waals surface area contributed by atoms with E-state index in [1.165, 1.54) is 83.5 Å². The number of carboxylic acids is 3. The van der Waals surface area contributed by atoms with Crippen LogP contribution in [0, 0.1) is 5.92 Å². The van der Waals surface area contributed by atoms with Crippen LogP contribution in [0.1, 0.15) is 175 Å². The van der Waals surface area contributed by atoms with E-state index in [2.05, 4.69) is 45.1 Å². The molecule has 0 aromatic carbocycles. The molecule has 1 aliphatic rings. The maximum Gasteiger partial charge on any atom is 0.329 e. The van der Waals surface area contributed by atoms with Gasteiger partial charge in [0, 0.05) is 34.6 Å². The minimum Gasteiger partial charge on any atom is -0.481 e. The zero-order valence-electron chi connectivity index (χ0n) is 30.1. The fourth-order valence-corrected chi connectivity index (χ4v) is 5.00. The molecule has 0 radical (unpaired) electrons. The first kappa shape index (κ1) is 49.9. The Morgan fingerprint density at radius 3 is 1.30 bits per heavy atom. The fraction of sp³-hybridized carbons (Fsp3) is 0.816. The molecular weight excluding hydrogens is 632 g/mol. The van der Waals surface area contributed by atoms with E-state index in [1.807, 2.05) is 0 Å². The summed E-state index contributed by atoms with van der Waals surface area (Å²) in [6.07, 6.45) is 37.2. The quantitative estimate of drug-likeness (QED) is 0.0261. The molecule has 47 heavy (non-hydrogen) atoms. The van der Waals surface area contributed by atoms with E-state index in [-0.39, 0.29) is 21.7 Å². The Bertz CT molecular complexity index is 769. The Balaban J connectivity index is -0.000000707. The van der Waals surface area contributed by atoms with Crippen LogP contribution in [0.3, 0.4) is 0 Å². The minimum absolute atomic E-state index is 0. The third kappa shape index (κ3) is 46.7. The summed E-state index contributed by atoms with van der Waals surface area (Å²) in [5.74, 6) is -1.65. The zero-order chi connectivity index (χ0) is 34.7. The Kier molecular flexibility index (Phi) is 41.4. The zero-order valence-corrected chi connectivity index (χ0v) is 31.7. The van der Waals surface area contributed by atoms with Crippen molar-refractivity contribution in [3.8, 4) is 0 Å². The molecule has 0 aromatic heterocycles. The van der Waals surface area contributed by atoms with E-state index < -0.39 is 24.5 Å². The largest absolute Gasteiger partial charge is 0.481 e. The molecule has 0 bridgehead atoms. The summed E-state index contributed by atoms with van der Waals surface area (Å²) in [7, 11) is 0. The first-order valence-corrected chi connectivity index (χ1v) is 18.4. The van der Waals surface area contributed by atoms with Crippen LogP contribution in [0.25, 0.3) is 0 Å². The standard InChI is InChI=1S/C18H30O3.C18H36O2.C2H4O3.Ti/c1-2-3-10-13-16-17(21-16)14-11-8-6-4-5-7-9-12-15-18(19)20;1-17(2)15-13-11-9-7-5-3-4-6-8-10-12-14-16-18(19)20;3-1-2(4)5;/h3,8,10-11,16-17H,2,4-7,9,12-15H2,1H3,(H,19,20);17H,3-16H2,1-2H3,(H,19,20);3H,1H2,(H,4,5);/b10-3+,11-8+;;;. The molecule has 1 aliphatic heterocycles. The van der Waals surface area contributed by atoms with Crippen molar-refractivity contribution in [1.82, 2.24) is 0 Å². The van der Waals surface area contributed by atoms with E-state index in [1.54, 1.807) is 0 Å². The summed E-state index contributed by atoms with van der Waals surface area (Å²) in [6.45, 7) is 5.99. The van der Waals surface area contributed by atoms with Crippen molar-refractivity contribution in [3.63, 3.8) is 0 Å². The molecule has 1 rings (SSSR count). The predicted molar refractivity (Wildman–Crippen MR) is 188 cm³/mol. The molecular formula is C38H70O8Ti. The van der Waals surface area contributed by atoms with Crippen molar-refractivity contribution in [3.05, 3.63) is 24.3 Å². The number of epoxide rings is 1. The first-order valence-electron chi connectivity index (χ1n) is 18.4. The molecule has 9 heteroatoms. The van der Waals surface area contributed by atoms with Crippen LogP contribution in [-0.2, 0) is 40.8 Å². The van der Waals surface area contributed by atoms with Crippen molar-refractivity contribution < 1.29 is 61.3 Å². The van der Waals surface area contributed by atoms with Gasteiger partial charge in [-0.15, -0.1) is 0 Å². The summed E-state index contributed by atoms with van der Waals surface area (Å²) >= 11 is 0.